The Balaban J connectivity index is 1.24. The number of amides is 2. The standard InChI is InChI=1S/C34H41ClN2O5/c1-21(16-24-9-10-26(39)18-29(24)35)8-11-30(40)31-22(2)17-27-32(28(31)20-38)34(42)37(33(27)41)25-12-14-36(15-13-25)19-23-6-4-3-5-7-23/h3-7,9-10,16,18,25,27-28,30,32,38-40H,8,11-15,17,19-20H2,1-2H3/b21-16+/t27-,28+,30-,32-/m1/s1. The van der Waals surface area contributed by atoms with Gasteiger partial charge in [-0.25, -0.2) is 0 Å². The van der Waals surface area contributed by atoms with Crippen LogP contribution in [0, 0.1) is 17.8 Å². The summed E-state index contributed by atoms with van der Waals surface area (Å²) < 4.78 is 0. The molecule has 7 nitrogen and oxygen atoms in total. The molecule has 224 valence electrons. The number of rotatable bonds is 9. The second kappa shape index (κ2) is 13.1. The summed E-state index contributed by atoms with van der Waals surface area (Å²) in [6.45, 7) is 6.08. The van der Waals surface area contributed by atoms with Crippen molar-refractivity contribution in [1.82, 2.24) is 9.80 Å². The van der Waals surface area contributed by atoms with Crippen molar-refractivity contribution in [3.05, 3.63) is 81.4 Å². The van der Waals surface area contributed by atoms with Gasteiger partial charge in [0.05, 0.1) is 29.6 Å². The molecule has 0 spiro atoms. The Labute approximate surface area is 253 Å². The van der Waals surface area contributed by atoms with E-state index in [9.17, 15) is 24.9 Å². The number of halogens is 1. The largest absolute Gasteiger partial charge is 0.508 e. The van der Waals surface area contributed by atoms with Crippen LogP contribution in [0.5, 0.6) is 5.75 Å². The van der Waals surface area contributed by atoms with E-state index in [0.717, 1.165) is 49.2 Å². The lowest BCUT2D eigenvalue weighted by atomic mass is 9.68. The first kappa shape index (κ1) is 30.5. The number of allylic oxidation sites excluding steroid dienone is 2. The molecule has 0 bridgehead atoms. The Bertz CT molecular complexity index is 1370. The average molecular weight is 593 g/mol. The number of imide groups is 1. The smallest absolute Gasteiger partial charge is 0.234 e. The van der Waals surface area contributed by atoms with Gasteiger partial charge in [0.2, 0.25) is 11.8 Å². The fraction of sp³-hybridized carbons (Fsp3) is 0.471. The van der Waals surface area contributed by atoms with Crippen LogP contribution in [0.25, 0.3) is 6.08 Å². The first-order valence-electron chi connectivity index (χ1n) is 14.9. The summed E-state index contributed by atoms with van der Waals surface area (Å²) in [5.41, 5.74) is 4.64. The zero-order valence-corrected chi connectivity index (χ0v) is 25.1. The van der Waals surface area contributed by atoms with E-state index in [-0.39, 0.29) is 30.2 Å². The minimum atomic E-state index is -0.833. The maximum atomic E-state index is 13.8. The monoisotopic (exact) mass is 592 g/mol. The molecule has 0 aromatic heterocycles. The van der Waals surface area contributed by atoms with Crippen LogP contribution < -0.4 is 0 Å². The van der Waals surface area contributed by atoms with Crippen LogP contribution >= 0.6 is 11.6 Å². The second-order valence-corrected chi connectivity index (χ2v) is 12.6. The Morgan fingerprint density at radius 1 is 1.10 bits per heavy atom. The lowest BCUT2D eigenvalue weighted by molar-refractivity contribution is -0.144. The summed E-state index contributed by atoms with van der Waals surface area (Å²) in [4.78, 5) is 31.3. The van der Waals surface area contributed by atoms with Crippen molar-refractivity contribution in [2.24, 2.45) is 17.8 Å². The van der Waals surface area contributed by atoms with Gasteiger partial charge in [0, 0.05) is 31.6 Å². The first-order valence-corrected chi connectivity index (χ1v) is 15.3. The maximum absolute atomic E-state index is 13.8. The number of hydrogen-bond donors (Lipinski definition) is 3. The average Bonchev–Trinajstić information content (AvgIpc) is 3.22. The lowest BCUT2D eigenvalue weighted by Gasteiger charge is -2.36. The summed E-state index contributed by atoms with van der Waals surface area (Å²) >= 11 is 6.24. The number of fused-ring (bicyclic) bond motifs is 1. The SMILES string of the molecule is CC1=C([C@H](O)CC/C(C)=C/c2ccc(O)cc2Cl)[C@H](CO)[C@@H]2C(=O)N(C3CCN(Cc4ccccc4)CC3)C(=O)[C@@H]2C1. The third-order valence-electron chi connectivity index (χ3n) is 9.29. The van der Waals surface area contributed by atoms with Gasteiger partial charge < -0.3 is 15.3 Å². The highest BCUT2D eigenvalue weighted by atomic mass is 35.5. The molecule has 5 rings (SSSR count). The molecule has 4 atom stereocenters. The normalized spacial score (nSPS) is 24.8. The molecule has 8 heteroatoms. The highest BCUT2D eigenvalue weighted by molar-refractivity contribution is 6.32. The number of nitrogens with zero attached hydrogens (tertiary/aromatic N) is 2. The van der Waals surface area contributed by atoms with Gasteiger partial charge in [-0.3, -0.25) is 19.4 Å². The van der Waals surface area contributed by atoms with Crippen LogP contribution in [0.15, 0.2) is 65.3 Å². The van der Waals surface area contributed by atoms with Gasteiger partial charge in [0.25, 0.3) is 0 Å². The van der Waals surface area contributed by atoms with Gasteiger partial charge in [0.15, 0.2) is 0 Å². The first-order chi connectivity index (χ1) is 20.2. The Hall–Kier alpha value is -2.97. The molecule has 2 heterocycles. The highest BCUT2D eigenvalue weighted by Gasteiger charge is 2.56. The number of aliphatic hydroxyl groups excluding tert-OH is 2. The van der Waals surface area contributed by atoms with Crippen LogP contribution in [0.2, 0.25) is 5.02 Å². The summed E-state index contributed by atoms with van der Waals surface area (Å²) in [6, 6.07) is 15.0. The summed E-state index contributed by atoms with van der Waals surface area (Å²) in [5.74, 6) is -1.90. The zero-order valence-electron chi connectivity index (χ0n) is 24.4. The minimum absolute atomic E-state index is 0.102. The molecule has 2 amide bonds. The highest BCUT2D eigenvalue weighted by Crippen LogP contribution is 2.47. The lowest BCUT2D eigenvalue weighted by Crippen LogP contribution is -2.47. The van der Waals surface area contributed by atoms with Crippen molar-refractivity contribution in [3.8, 4) is 5.75 Å². The van der Waals surface area contributed by atoms with Gasteiger partial charge in [0.1, 0.15) is 5.75 Å². The fourth-order valence-electron chi connectivity index (χ4n) is 7.17. The number of hydrogen-bond acceptors (Lipinski definition) is 6. The molecule has 0 saturated carbocycles. The Morgan fingerprint density at radius 2 is 1.81 bits per heavy atom. The third-order valence-corrected chi connectivity index (χ3v) is 9.61. The fourth-order valence-corrected chi connectivity index (χ4v) is 7.40. The second-order valence-electron chi connectivity index (χ2n) is 12.2. The van der Waals surface area contributed by atoms with Crippen molar-refractivity contribution < 1.29 is 24.9 Å². The molecule has 3 N–H and O–H groups in total. The Kier molecular flexibility index (Phi) is 9.53. The summed E-state index contributed by atoms with van der Waals surface area (Å²) in [5, 5.41) is 31.9. The van der Waals surface area contributed by atoms with E-state index in [2.05, 4.69) is 17.0 Å². The Morgan fingerprint density at radius 3 is 2.48 bits per heavy atom. The maximum Gasteiger partial charge on any atom is 0.234 e. The van der Waals surface area contributed by atoms with Crippen LogP contribution in [0.3, 0.4) is 0 Å². The number of benzene rings is 2. The third kappa shape index (κ3) is 6.35. The van der Waals surface area contributed by atoms with Gasteiger partial charge in [-0.1, -0.05) is 59.2 Å². The van der Waals surface area contributed by atoms with Crippen molar-refractivity contribution >= 4 is 29.5 Å². The number of aliphatic hydroxyl groups is 2. The molecule has 2 saturated heterocycles. The van der Waals surface area contributed by atoms with Gasteiger partial charge in [-0.05, 0) is 80.9 Å². The number of phenols is 1. The van der Waals surface area contributed by atoms with E-state index in [4.69, 9.17) is 11.6 Å². The minimum Gasteiger partial charge on any atom is -0.508 e. The molecule has 0 radical (unpaired) electrons. The molecular weight excluding hydrogens is 552 g/mol. The van der Waals surface area contributed by atoms with Crippen molar-refractivity contribution in [1.29, 1.82) is 0 Å². The molecular formula is C34H41ClN2O5. The predicted octanol–water partition coefficient (Wildman–Crippen LogP) is 5.18. The number of carbonyl (C=O) groups excluding carboxylic acids is 2. The topological polar surface area (TPSA) is 101 Å². The molecule has 2 aromatic carbocycles. The van der Waals surface area contributed by atoms with Gasteiger partial charge >= 0.3 is 0 Å². The molecule has 2 aliphatic heterocycles. The van der Waals surface area contributed by atoms with E-state index in [1.165, 1.54) is 16.5 Å². The molecule has 42 heavy (non-hydrogen) atoms. The predicted molar refractivity (Wildman–Crippen MR) is 163 cm³/mol. The van der Waals surface area contributed by atoms with E-state index < -0.39 is 23.9 Å². The van der Waals surface area contributed by atoms with Gasteiger partial charge in [-0.15, -0.1) is 0 Å². The van der Waals surface area contributed by atoms with Crippen molar-refractivity contribution in [2.75, 3.05) is 19.7 Å². The number of phenolic OH excluding ortho intramolecular Hbond substituents is 1. The molecule has 0 unspecified atom stereocenters. The quantitative estimate of drug-likeness (QED) is 0.274. The van der Waals surface area contributed by atoms with Crippen molar-refractivity contribution in [3.63, 3.8) is 0 Å². The number of carbonyl (C=O) groups is 2. The number of likely N-dealkylation sites (tertiary alicyclic amines) is 2. The van der Waals surface area contributed by atoms with Crippen LogP contribution in [0.4, 0.5) is 0 Å². The van der Waals surface area contributed by atoms with Crippen LogP contribution in [-0.2, 0) is 16.1 Å². The number of aromatic hydroxyl groups is 1. The van der Waals surface area contributed by atoms with Crippen LogP contribution in [0.1, 0.15) is 57.1 Å². The number of piperidine rings is 1. The molecule has 1 aliphatic carbocycles. The van der Waals surface area contributed by atoms with Gasteiger partial charge in [-0.2, -0.15) is 0 Å². The van der Waals surface area contributed by atoms with Crippen LogP contribution in [-0.4, -0.2) is 68.8 Å². The van der Waals surface area contributed by atoms with E-state index >= 15 is 0 Å². The molecule has 3 aliphatic rings. The van der Waals surface area contributed by atoms with Crippen molar-refractivity contribution in [2.45, 2.75) is 64.6 Å². The molecule has 2 aromatic rings. The van der Waals surface area contributed by atoms with E-state index in [1.54, 1.807) is 12.1 Å². The summed E-state index contributed by atoms with van der Waals surface area (Å²) in [6.07, 6.45) is 4.02. The molecule has 2 fully saturated rings. The van der Waals surface area contributed by atoms with E-state index in [1.807, 2.05) is 38.1 Å². The summed E-state index contributed by atoms with van der Waals surface area (Å²) in [7, 11) is 0. The zero-order chi connectivity index (χ0) is 30.0. The van der Waals surface area contributed by atoms with E-state index in [0.29, 0.717) is 29.9 Å².